The first kappa shape index (κ1) is 21.8. The van der Waals surface area contributed by atoms with Crippen molar-refractivity contribution >= 4 is 11.7 Å². The molecule has 0 aliphatic carbocycles. The van der Waals surface area contributed by atoms with Gasteiger partial charge in [0.05, 0.1) is 30.7 Å². The first-order chi connectivity index (χ1) is 15.4. The molecule has 0 spiro atoms. The number of hydrogen-bond acceptors (Lipinski definition) is 7. The smallest absolute Gasteiger partial charge is 0.274 e. The van der Waals surface area contributed by atoms with Crippen LogP contribution in [-0.2, 0) is 11.3 Å². The molecule has 3 aromatic rings. The molecule has 1 saturated heterocycles. The summed E-state index contributed by atoms with van der Waals surface area (Å²) < 4.78 is 12.7. The first-order valence-corrected chi connectivity index (χ1v) is 10.6. The Bertz CT molecular complexity index is 1070. The molecular weight excluding hydrogens is 408 g/mol. The zero-order valence-corrected chi connectivity index (χ0v) is 18.8. The third-order valence-corrected chi connectivity index (χ3v) is 5.41. The molecule has 4 rings (SSSR count). The fourth-order valence-corrected chi connectivity index (χ4v) is 3.87. The Morgan fingerprint density at radius 1 is 1.22 bits per heavy atom. The van der Waals surface area contributed by atoms with Gasteiger partial charge in [0.25, 0.3) is 5.91 Å². The van der Waals surface area contributed by atoms with Crippen LogP contribution in [0.5, 0.6) is 5.75 Å². The van der Waals surface area contributed by atoms with Gasteiger partial charge in [0.2, 0.25) is 0 Å². The molecule has 2 unspecified atom stereocenters. The van der Waals surface area contributed by atoms with Crippen molar-refractivity contribution in [3.63, 3.8) is 0 Å². The van der Waals surface area contributed by atoms with Crippen LogP contribution in [0.3, 0.4) is 0 Å². The highest BCUT2D eigenvalue weighted by molar-refractivity contribution is 5.93. The molecule has 1 aliphatic rings. The van der Waals surface area contributed by atoms with E-state index in [9.17, 15) is 4.79 Å². The molecule has 2 atom stereocenters. The summed E-state index contributed by atoms with van der Waals surface area (Å²) in [6, 6.07) is 11.4. The molecule has 1 aliphatic heterocycles. The highest BCUT2D eigenvalue weighted by atomic mass is 16.5. The Morgan fingerprint density at radius 2 is 2.00 bits per heavy atom. The Balaban J connectivity index is 1.39. The number of pyridine rings is 1. The van der Waals surface area contributed by atoms with E-state index in [1.807, 2.05) is 43.3 Å². The quantitative estimate of drug-likeness (QED) is 0.634. The van der Waals surface area contributed by atoms with E-state index < -0.39 is 0 Å². The van der Waals surface area contributed by atoms with E-state index in [1.165, 1.54) is 0 Å². The number of nitrogens with zero attached hydrogens (tertiary/aromatic N) is 5. The Morgan fingerprint density at radius 3 is 2.69 bits per heavy atom. The van der Waals surface area contributed by atoms with Gasteiger partial charge < -0.3 is 19.7 Å². The van der Waals surface area contributed by atoms with Crippen LogP contribution in [0.2, 0.25) is 0 Å². The molecule has 1 amide bonds. The summed E-state index contributed by atoms with van der Waals surface area (Å²) in [6.45, 7) is 7.94. The maximum absolute atomic E-state index is 12.7. The second-order valence-electron chi connectivity index (χ2n) is 8.01. The van der Waals surface area contributed by atoms with Crippen molar-refractivity contribution in [1.82, 2.24) is 25.3 Å². The van der Waals surface area contributed by atoms with E-state index in [0.717, 1.165) is 30.2 Å². The van der Waals surface area contributed by atoms with E-state index in [1.54, 1.807) is 18.0 Å². The Labute approximate surface area is 187 Å². The van der Waals surface area contributed by atoms with Gasteiger partial charge in [-0.05, 0) is 44.5 Å². The number of morpholine rings is 1. The van der Waals surface area contributed by atoms with Crippen LogP contribution < -0.4 is 15.0 Å². The topological polar surface area (TPSA) is 94.4 Å². The van der Waals surface area contributed by atoms with Crippen molar-refractivity contribution < 1.29 is 14.3 Å². The van der Waals surface area contributed by atoms with Crippen LogP contribution in [0.25, 0.3) is 5.69 Å². The lowest BCUT2D eigenvalue weighted by Gasteiger charge is -2.36. The SMILES string of the molecule is COc1cccc(-n2nnc(C(=O)NCc3ccc(N4CC(C)OC(C)C4)nc3)c2C)c1. The first-order valence-electron chi connectivity index (χ1n) is 10.6. The second-order valence-corrected chi connectivity index (χ2v) is 8.01. The third-order valence-electron chi connectivity index (χ3n) is 5.41. The lowest BCUT2D eigenvalue weighted by molar-refractivity contribution is -0.00546. The third kappa shape index (κ3) is 4.72. The minimum atomic E-state index is -0.281. The second kappa shape index (κ2) is 9.35. The number of hydrogen-bond donors (Lipinski definition) is 1. The van der Waals surface area contributed by atoms with Crippen molar-refractivity contribution in [3.8, 4) is 11.4 Å². The summed E-state index contributed by atoms with van der Waals surface area (Å²) in [5, 5.41) is 11.1. The number of nitrogens with one attached hydrogen (secondary N) is 1. The fraction of sp³-hybridized carbons (Fsp3) is 0.391. The highest BCUT2D eigenvalue weighted by Gasteiger charge is 2.23. The molecule has 9 nitrogen and oxygen atoms in total. The van der Waals surface area contributed by atoms with Crippen molar-refractivity contribution in [2.45, 2.75) is 39.5 Å². The lowest BCUT2D eigenvalue weighted by Crippen LogP contribution is -2.45. The average molecular weight is 437 g/mol. The Hall–Kier alpha value is -3.46. The van der Waals surface area contributed by atoms with Crippen molar-refractivity contribution in [1.29, 1.82) is 0 Å². The molecule has 9 heteroatoms. The predicted octanol–water partition coefficient (Wildman–Crippen LogP) is 2.52. The predicted molar refractivity (Wildman–Crippen MR) is 120 cm³/mol. The summed E-state index contributed by atoms with van der Waals surface area (Å²) in [7, 11) is 1.61. The van der Waals surface area contributed by atoms with Gasteiger partial charge in [-0.2, -0.15) is 0 Å². The van der Waals surface area contributed by atoms with E-state index in [-0.39, 0.29) is 23.8 Å². The van der Waals surface area contributed by atoms with Gasteiger partial charge >= 0.3 is 0 Å². The molecule has 32 heavy (non-hydrogen) atoms. The van der Waals surface area contributed by atoms with E-state index >= 15 is 0 Å². The highest BCUT2D eigenvalue weighted by Crippen LogP contribution is 2.19. The number of amides is 1. The van der Waals surface area contributed by atoms with Crippen LogP contribution >= 0.6 is 0 Å². The molecular formula is C23H28N6O3. The van der Waals surface area contributed by atoms with Gasteiger partial charge in [-0.3, -0.25) is 4.79 Å². The molecule has 2 aromatic heterocycles. The molecule has 3 heterocycles. The minimum absolute atomic E-state index is 0.174. The largest absolute Gasteiger partial charge is 0.497 e. The van der Waals surface area contributed by atoms with Crippen LogP contribution in [0.1, 0.15) is 35.6 Å². The summed E-state index contributed by atoms with van der Waals surface area (Å²) in [6.07, 6.45) is 2.14. The van der Waals surface area contributed by atoms with Gasteiger partial charge in [0.15, 0.2) is 5.69 Å². The number of methoxy groups -OCH3 is 1. The summed E-state index contributed by atoms with van der Waals surface area (Å²) >= 11 is 0. The maximum atomic E-state index is 12.7. The zero-order valence-electron chi connectivity index (χ0n) is 18.8. The van der Waals surface area contributed by atoms with E-state index in [4.69, 9.17) is 9.47 Å². The monoisotopic (exact) mass is 436 g/mol. The van der Waals surface area contributed by atoms with E-state index in [2.05, 4.69) is 39.4 Å². The number of rotatable bonds is 6. The van der Waals surface area contributed by atoms with Crippen LogP contribution in [-0.4, -0.2) is 58.3 Å². The number of benzene rings is 1. The van der Waals surface area contributed by atoms with Gasteiger partial charge in [-0.1, -0.05) is 17.3 Å². The summed E-state index contributed by atoms with van der Waals surface area (Å²) in [4.78, 5) is 19.5. The molecule has 0 bridgehead atoms. The zero-order chi connectivity index (χ0) is 22.7. The fourth-order valence-electron chi connectivity index (χ4n) is 3.87. The molecule has 1 N–H and O–H groups in total. The summed E-state index contributed by atoms with van der Waals surface area (Å²) in [5.74, 6) is 1.34. The number of ether oxygens (including phenoxy) is 2. The van der Waals surface area contributed by atoms with Crippen LogP contribution in [0.4, 0.5) is 5.82 Å². The maximum Gasteiger partial charge on any atom is 0.274 e. The van der Waals surface area contributed by atoms with Gasteiger partial charge in [0.1, 0.15) is 11.6 Å². The van der Waals surface area contributed by atoms with E-state index in [0.29, 0.717) is 18.0 Å². The van der Waals surface area contributed by atoms with Crippen molar-refractivity contribution in [2.75, 3.05) is 25.1 Å². The normalized spacial score (nSPS) is 18.4. The van der Waals surface area contributed by atoms with Gasteiger partial charge in [0, 0.05) is 31.9 Å². The molecule has 1 fully saturated rings. The van der Waals surface area contributed by atoms with Crippen molar-refractivity contribution in [2.24, 2.45) is 0 Å². The van der Waals surface area contributed by atoms with Crippen LogP contribution in [0.15, 0.2) is 42.6 Å². The summed E-state index contributed by atoms with van der Waals surface area (Å²) in [5.41, 5.74) is 2.63. The molecule has 0 saturated carbocycles. The number of carbonyl (C=O) groups is 1. The number of aromatic nitrogens is 4. The molecule has 1 aromatic carbocycles. The standard InChI is InChI=1S/C23H28N6O3/c1-15-13-28(14-16(2)32-15)21-9-8-18(11-24-21)12-25-23(30)22-17(3)29(27-26-22)19-6-5-7-20(10-19)31-4/h5-11,15-16H,12-14H2,1-4H3,(H,25,30). The number of anilines is 1. The Kier molecular flexibility index (Phi) is 6.36. The average Bonchev–Trinajstić information content (AvgIpc) is 3.18. The molecule has 0 radical (unpaired) electrons. The van der Waals surface area contributed by atoms with Gasteiger partial charge in [-0.25, -0.2) is 9.67 Å². The van der Waals surface area contributed by atoms with Crippen LogP contribution in [0, 0.1) is 6.92 Å². The lowest BCUT2D eigenvalue weighted by atomic mass is 10.2. The van der Waals surface area contributed by atoms with Crippen molar-refractivity contribution in [3.05, 3.63) is 59.5 Å². The van der Waals surface area contributed by atoms with Gasteiger partial charge in [-0.15, -0.1) is 5.10 Å². The minimum Gasteiger partial charge on any atom is -0.497 e. The molecule has 168 valence electrons. The number of carbonyl (C=O) groups excluding carboxylic acids is 1.